The van der Waals surface area contributed by atoms with Crippen LogP contribution in [0.1, 0.15) is 49.1 Å². The fourth-order valence-electron chi connectivity index (χ4n) is 4.98. The van der Waals surface area contributed by atoms with Crippen LogP contribution in [0.5, 0.6) is 0 Å². The second-order valence-corrected chi connectivity index (χ2v) is 8.74. The minimum atomic E-state index is -0.443. The van der Waals surface area contributed by atoms with E-state index in [0.717, 1.165) is 25.8 Å². The summed E-state index contributed by atoms with van der Waals surface area (Å²) >= 11 is 0. The highest BCUT2D eigenvalue weighted by atomic mass is 16.5. The van der Waals surface area contributed by atoms with Crippen LogP contribution < -0.4 is 11.4 Å². The molecule has 1 aromatic heterocycles. The van der Waals surface area contributed by atoms with E-state index in [4.69, 9.17) is 4.74 Å². The van der Waals surface area contributed by atoms with E-state index < -0.39 is 5.69 Å². The lowest BCUT2D eigenvalue weighted by Gasteiger charge is -2.39. The summed E-state index contributed by atoms with van der Waals surface area (Å²) in [5.41, 5.74) is 1.83. The first kappa shape index (κ1) is 21.0. The van der Waals surface area contributed by atoms with Gasteiger partial charge in [-0.1, -0.05) is 24.3 Å². The molecule has 4 rings (SSSR count). The van der Waals surface area contributed by atoms with Crippen LogP contribution in [-0.4, -0.2) is 43.8 Å². The summed E-state index contributed by atoms with van der Waals surface area (Å²) in [6.45, 7) is 5.82. The predicted octanol–water partition coefficient (Wildman–Crippen LogP) is 2.16. The zero-order valence-electron chi connectivity index (χ0n) is 18.2. The topological polar surface area (TPSA) is 69.4 Å². The van der Waals surface area contributed by atoms with Gasteiger partial charge in [0.1, 0.15) is 5.82 Å². The Morgan fingerprint density at radius 1 is 1.07 bits per heavy atom. The molecule has 2 aromatic rings. The van der Waals surface area contributed by atoms with Crippen molar-refractivity contribution in [1.82, 2.24) is 19.0 Å². The van der Waals surface area contributed by atoms with E-state index in [0.29, 0.717) is 37.2 Å². The number of aromatic nitrogens is 3. The van der Waals surface area contributed by atoms with E-state index >= 15 is 0 Å². The van der Waals surface area contributed by atoms with Crippen LogP contribution in [0.15, 0.2) is 33.9 Å². The highest BCUT2D eigenvalue weighted by Crippen LogP contribution is 2.37. The molecule has 1 aromatic carbocycles. The Hall–Kier alpha value is -2.25. The van der Waals surface area contributed by atoms with Crippen molar-refractivity contribution in [2.24, 2.45) is 7.05 Å². The molecule has 2 fully saturated rings. The molecule has 0 aliphatic carbocycles. The largest absolute Gasteiger partial charge is 0.373 e. The van der Waals surface area contributed by atoms with Crippen molar-refractivity contribution in [2.75, 3.05) is 6.54 Å². The summed E-state index contributed by atoms with van der Waals surface area (Å²) in [5, 5.41) is 0. The first-order chi connectivity index (χ1) is 14.4. The highest BCUT2D eigenvalue weighted by Gasteiger charge is 2.40. The zero-order chi connectivity index (χ0) is 21.3. The van der Waals surface area contributed by atoms with Gasteiger partial charge in [0.05, 0.1) is 12.7 Å². The summed E-state index contributed by atoms with van der Waals surface area (Å²) < 4.78 is 8.97. The van der Waals surface area contributed by atoms with Crippen LogP contribution in [0.3, 0.4) is 0 Å². The van der Waals surface area contributed by atoms with Crippen molar-refractivity contribution in [3.63, 3.8) is 0 Å². The van der Waals surface area contributed by atoms with Gasteiger partial charge in [-0.3, -0.25) is 9.47 Å². The molecule has 2 bridgehead atoms. The van der Waals surface area contributed by atoms with Crippen LogP contribution in [-0.2, 0) is 24.9 Å². The van der Waals surface area contributed by atoms with Crippen molar-refractivity contribution in [1.29, 1.82) is 0 Å². The average molecular weight is 413 g/mol. The number of aryl methyl sites for hydroxylation is 2. The van der Waals surface area contributed by atoms with Gasteiger partial charge >= 0.3 is 11.4 Å². The molecule has 2 aliphatic heterocycles. The maximum atomic E-state index is 12.3. The SMILES string of the molecule is Cc1ccccc1COC1CC2CCC(C1)N2CCCn1c(=O)nc(C)n(C)c1=O. The molecular weight excluding hydrogens is 380 g/mol. The summed E-state index contributed by atoms with van der Waals surface area (Å²) in [6.07, 6.45) is 5.65. The van der Waals surface area contributed by atoms with E-state index in [-0.39, 0.29) is 5.69 Å². The minimum absolute atomic E-state index is 0.279. The number of rotatable bonds is 7. The third kappa shape index (κ3) is 4.27. The van der Waals surface area contributed by atoms with Gasteiger partial charge in [0.2, 0.25) is 0 Å². The Balaban J connectivity index is 1.31. The van der Waals surface area contributed by atoms with E-state index in [1.165, 1.54) is 33.1 Å². The summed E-state index contributed by atoms with van der Waals surface area (Å²) in [6, 6.07) is 9.50. The molecule has 0 N–H and O–H groups in total. The number of fused-ring (bicyclic) bond motifs is 2. The molecule has 2 atom stereocenters. The van der Waals surface area contributed by atoms with Crippen LogP contribution >= 0.6 is 0 Å². The van der Waals surface area contributed by atoms with Crippen molar-refractivity contribution < 1.29 is 4.74 Å². The Labute approximate surface area is 177 Å². The molecule has 0 radical (unpaired) electrons. The molecule has 30 heavy (non-hydrogen) atoms. The Kier molecular flexibility index (Phi) is 6.20. The minimum Gasteiger partial charge on any atom is -0.373 e. The Morgan fingerprint density at radius 3 is 2.47 bits per heavy atom. The van der Waals surface area contributed by atoms with Crippen molar-refractivity contribution in [3.8, 4) is 0 Å². The first-order valence-corrected chi connectivity index (χ1v) is 11.0. The van der Waals surface area contributed by atoms with Crippen molar-refractivity contribution in [3.05, 3.63) is 62.2 Å². The third-order valence-electron chi connectivity index (χ3n) is 6.87. The van der Waals surface area contributed by atoms with Gasteiger partial charge in [0.25, 0.3) is 0 Å². The fraction of sp³-hybridized carbons (Fsp3) is 0.609. The lowest BCUT2D eigenvalue weighted by molar-refractivity contribution is -0.0287. The fourth-order valence-corrected chi connectivity index (χ4v) is 4.98. The Bertz CT molecular complexity index is 998. The van der Waals surface area contributed by atoms with Gasteiger partial charge in [-0.15, -0.1) is 0 Å². The molecule has 2 unspecified atom stereocenters. The van der Waals surface area contributed by atoms with Crippen molar-refractivity contribution >= 4 is 0 Å². The lowest BCUT2D eigenvalue weighted by atomic mass is 9.99. The lowest BCUT2D eigenvalue weighted by Crippen LogP contribution is -2.46. The third-order valence-corrected chi connectivity index (χ3v) is 6.87. The number of hydrogen-bond acceptors (Lipinski definition) is 5. The van der Waals surface area contributed by atoms with Crippen molar-refractivity contribution in [2.45, 2.75) is 77.3 Å². The highest BCUT2D eigenvalue weighted by molar-refractivity contribution is 5.24. The van der Waals surface area contributed by atoms with Gasteiger partial charge < -0.3 is 4.74 Å². The molecule has 7 nitrogen and oxygen atoms in total. The smallest absolute Gasteiger partial charge is 0.353 e. The van der Waals surface area contributed by atoms with E-state index in [2.05, 4.69) is 41.1 Å². The normalized spacial score (nSPS) is 23.8. The van der Waals surface area contributed by atoms with Gasteiger partial charge in [-0.2, -0.15) is 4.98 Å². The molecule has 0 spiro atoms. The molecule has 2 saturated heterocycles. The van der Waals surface area contributed by atoms with E-state index in [9.17, 15) is 9.59 Å². The summed E-state index contributed by atoms with van der Waals surface area (Å²) in [4.78, 5) is 31.0. The first-order valence-electron chi connectivity index (χ1n) is 11.0. The quantitative estimate of drug-likeness (QED) is 0.697. The zero-order valence-corrected chi connectivity index (χ0v) is 18.2. The molecular formula is C23H32N4O3. The van der Waals surface area contributed by atoms with E-state index in [1.54, 1.807) is 14.0 Å². The van der Waals surface area contributed by atoms with Crippen LogP contribution in [0.25, 0.3) is 0 Å². The number of nitrogens with zero attached hydrogens (tertiary/aromatic N) is 4. The van der Waals surface area contributed by atoms with Crippen LogP contribution in [0.2, 0.25) is 0 Å². The molecule has 0 amide bonds. The van der Waals surface area contributed by atoms with Gasteiger partial charge in [0, 0.05) is 32.2 Å². The molecule has 3 heterocycles. The van der Waals surface area contributed by atoms with Gasteiger partial charge in [0.15, 0.2) is 0 Å². The molecule has 7 heteroatoms. The maximum absolute atomic E-state index is 12.3. The van der Waals surface area contributed by atoms with Gasteiger partial charge in [-0.05, 0) is 57.1 Å². The number of benzene rings is 1. The molecule has 162 valence electrons. The standard InChI is InChI=1S/C23H32N4O3/c1-16-7-4-5-8-18(16)15-30-21-13-19-9-10-20(14-21)26(19)11-6-12-27-22(28)24-17(2)25(3)23(27)29/h4-5,7-8,19-21H,6,9-15H2,1-3H3. The Morgan fingerprint density at radius 2 is 1.77 bits per heavy atom. The van der Waals surface area contributed by atoms with Crippen LogP contribution in [0, 0.1) is 13.8 Å². The predicted molar refractivity (Wildman–Crippen MR) is 116 cm³/mol. The summed E-state index contributed by atoms with van der Waals surface area (Å²) in [5.74, 6) is 0.451. The number of hydrogen-bond donors (Lipinski definition) is 0. The number of piperidine rings is 1. The molecule has 2 aliphatic rings. The average Bonchev–Trinajstić information content (AvgIpc) is 2.96. The monoisotopic (exact) mass is 412 g/mol. The number of ether oxygens (including phenoxy) is 1. The maximum Gasteiger partial charge on any atom is 0.353 e. The van der Waals surface area contributed by atoms with Gasteiger partial charge in [-0.25, -0.2) is 14.2 Å². The van der Waals surface area contributed by atoms with E-state index in [1.807, 2.05) is 0 Å². The van der Waals surface area contributed by atoms with Crippen LogP contribution in [0.4, 0.5) is 0 Å². The second kappa shape index (κ2) is 8.86. The summed E-state index contributed by atoms with van der Waals surface area (Å²) in [7, 11) is 1.66. The molecule has 0 saturated carbocycles. The second-order valence-electron chi connectivity index (χ2n) is 8.74.